The molecule has 0 saturated heterocycles. The highest BCUT2D eigenvalue weighted by Crippen LogP contribution is 2.23. The van der Waals surface area contributed by atoms with Gasteiger partial charge in [-0.1, -0.05) is 6.07 Å². The second-order valence-electron chi connectivity index (χ2n) is 3.03. The van der Waals surface area contributed by atoms with Crippen molar-refractivity contribution >= 4 is 27.4 Å². The van der Waals surface area contributed by atoms with E-state index in [0.29, 0.717) is 5.56 Å². The number of rotatable bonds is 2. The van der Waals surface area contributed by atoms with Crippen molar-refractivity contribution in [3.8, 4) is 0 Å². The zero-order valence-corrected chi connectivity index (χ0v) is 8.12. The van der Waals surface area contributed by atoms with E-state index in [0.717, 1.165) is 10.1 Å². The van der Waals surface area contributed by atoms with E-state index >= 15 is 0 Å². The van der Waals surface area contributed by atoms with Crippen LogP contribution < -0.4 is 5.73 Å². The minimum absolute atomic E-state index is 0.642. The minimum atomic E-state index is -1.00. The lowest BCUT2D eigenvalue weighted by atomic mass is 10.1. The van der Waals surface area contributed by atoms with Crippen LogP contribution in [-0.4, -0.2) is 11.1 Å². The summed E-state index contributed by atoms with van der Waals surface area (Å²) in [5.74, 6) is -1.00. The van der Waals surface area contributed by atoms with Gasteiger partial charge in [-0.2, -0.15) is 0 Å². The van der Waals surface area contributed by atoms with Crippen molar-refractivity contribution < 1.29 is 9.90 Å². The predicted molar refractivity (Wildman–Crippen MR) is 56.4 cm³/mol. The molecule has 0 radical (unpaired) electrons. The molecule has 1 aromatic carbocycles. The Bertz CT molecular complexity index is 478. The molecule has 4 heteroatoms. The van der Waals surface area contributed by atoms with Gasteiger partial charge in [-0.05, 0) is 34.5 Å². The molecule has 1 unspecified atom stereocenters. The van der Waals surface area contributed by atoms with E-state index < -0.39 is 12.0 Å². The Morgan fingerprint density at radius 1 is 1.43 bits per heavy atom. The fourth-order valence-electron chi connectivity index (χ4n) is 1.32. The number of aliphatic carboxylic acids is 1. The van der Waals surface area contributed by atoms with Gasteiger partial charge in [-0.3, -0.25) is 4.79 Å². The average Bonchev–Trinajstić information content (AvgIpc) is 2.62. The molecule has 0 bridgehead atoms. The van der Waals surface area contributed by atoms with Crippen LogP contribution in [0.4, 0.5) is 0 Å². The largest absolute Gasteiger partial charge is 0.480 e. The summed E-state index contributed by atoms with van der Waals surface area (Å²) < 4.78 is 1.14. The number of carbonyl (C=O) groups is 1. The molecule has 1 heterocycles. The first kappa shape index (κ1) is 9.18. The molecule has 0 fully saturated rings. The summed E-state index contributed by atoms with van der Waals surface area (Å²) in [4.78, 5) is 10.7. The third kappa shape index (κ3) is 1.49. The molecule has 0 amide bonds. The van der Waals surface area contributed by atoms with Crippen LogP contribution in [0.2, 0.25) is 0 Å². The van der Waals surface area contributed by atoms with Crippen LogP contribution in [0.25, 0.3) is 10.1 Å². The van der Waals surface area contributed by atoms with Gasteiger partial charge in [0.05, 0.1) is 0 Å². The van der Waals surface area contributed by atoms with Gasteiger partial charge in [0.15, 0.2) is 0 Å². The van der Waals surface area contributed by atoms with E-state index in [-0.39, 0.29) is 0 Å². The molecule has 2 rings (SSSR count). The lowest BCUT2D eigenvalue weighted by molar-refractivity contribution is -0.138. The highest BCUT2D eigenvalue weighted by molar-refractivity contribution is 7.17. The molecular weight excluding hydrogens is 198 g/mol. The van der Waals surface area contributed by atoms with Crippen molar-refractivity contribution in [2.24, 2.45) is 5.73 Å². The minimum Gasteiger partial charge on any atom is -0.480 e. The zero-order valence-electron chi connectivity index (χ0n) is 7.31. The lowest BCUT2D eigenvalue weighted by Gasteiger charge is -2.05. The number of carboxylic acid groups (broad SMARTS) is 1. The van der Waals surface area contributed by atoms with Crippen molar-refractivity contribution in [2.45, 2.75) is 6.04 Å². The summed E-state index contributed by atoms with van der Waals surface area (Å²) in [5, 5.41) is 11.8. The van der Waals surface area contributed by atoms with E-state index in [9.17, 15) is 4.79 Å². The van der Waals surface area contributed by atoms with Crippen LogP contribution >= 0.6 is 11.3 Å². The molecule has 1 atom stereocenters. The van der Waals surface area contributed by atoms with Crippen molar-refractivity contribution in [1.82, 2.24) is 0 Å². The average molecular weight is 207 g/mol. The van der Waals surface area contributed by atoms with E-state index in [1.165, 1.54) is 0 Å². The number of fused-ring (bicyclic) bond motifs is 1. The Morgan fingerprint density at radius 2 is 2.21 bits per heavy atom. The number of thiophene rings is 1. The Balaban J connectivity index is 2.48. The van der Waals surface area contributed by atoms with E-state index in [2.05, 4.69) is 0 Å². The van der Waals surface area contributed by atoms with Crippen molar-refractivity contribution in [1.29, 1.82) is 0 Å². The smallest absolute Gasteiger partial charge is 0.325 e. The summed E-state index contributed by atoms with van der Waals surface area (Å²) in [5.41, 5.74) is 6.14. The number of hydrogen-bond acceptors (Lipinski definition) is 3. The van der Waals surface area contributed by atoms with Crippen molar-refractivity contribution in [2.75, 3.05) is 0 Å². The van der Waals surface area contributed by atoms with E-state index in [4.69, 9.17) is 10.8 Å². The Kier molecular flexibility index (Phi) is 2.23. The standard InChI is InChI=1S/C10H9NO2S/c11-9(10(12)13)7-1-2-8-6(5-7)3-4-14-8/h1-5,9H,11H2,(H,12,13). The van der Waals surface area contributed by atoms with Gasteiger partial charge >= 0.3 is 5.97 Å². The highest BCUT2D eigenvalue weighted by Gasteiger charge is 2.14. The predicted octanol–water partition coefficient (Wildman–Crippen LogP) is 1.99. The van der Waals surface area contributed by atoms with Crippen LogP contribution in [-0.2, 0) is 4.79 Å². The Hall–Kier alpha value is -1.39. The monoisotopic (exact) mass is 207 g/mol. The molecule has 2 aromatic rings. The van der Waals surface area contributed by atoms with Gasteiger partial charge < -0.3 is 10.8 Å². The molecule has 1 aromatic heterocycles. The fraction of sp³-hybridized carbons (Fsp3) is 0.100. The first-order valence-electron chi connectivity index (χ1n) is 4.14. The highest BCUT2D eigenvalue weighted by atomic mass is 32.1. The summed E-state index contributed by atoms with van der Waals surface area (Å²) >= 11 is 1.63. The maximum absolute atomic E-state index is 10.7. The van der Waals surface area contributed by atoms with Crippen LogP contribution in [0.5, 0.6) is 0 Å². The number of benzene rings is 1. The third-order valence-corrected chi connectivity index (χ3v) is 3.00. The maximum Gasteiger partial charge on any atom is 0.325 e. The molecular formula is C10H9NO2S. The Morgan fingerprint density at radius 3 is 2.93 bits per heavy atom. The van der Waals surface area contributed by atoms with Crippen LogP contribution in [0.3, 0.4) is 0 Å². The topological polar surface area (TPSA) is 63.3 Å². The molecule has 0 aliphatic rings. The second-order valence-corrected chi connectivity index (χ2v) is 3.98. The first-order valence-corrected chi connectivity index (χ1v) is 5.02. The van der Waals surface area contributed by atoms with E-state index in [1.54, 1.807) is 17.4 Å². The summed E-state index contributed by atoms with van der Waals surface area (Å²) in [7, 11) is 0. The summed E-state index contributed by atoms with van der Waals surface area (Å²) in [6, 6.07) is 6.51. The molecule has 0 saturated carbocycles. The van der Waals surface area contributed by atoms with Crippen LogP contribution in [0, 0.1) is 0 Å². The number of hydrogen-bond donors (Lipinski definition) is 2. The third-order valence-electron chi connectivity index (χ3n) is 2.10. The molecule has 14 heavy (non-hydrogen) atoms. The first-order chi connectivity index (χ1) is 6.68. The second kappa shape index (κ2) is 3.40. The summed E-state index contributed by atoms with van der Waals surface area (Å²) in [6.45, 7) is 0. The van der Waals surface area contributed by atoms with Gasteiger partial charge in [-0.25, -0.2) is 0 Å². The molecule has 0 aliphatic heterocycles. The molecule has 3 nitrogen and oxygen atoms in total. The van der Waals surface area contributed by atoms with Gasteiger partial charge in [-0.15, -0.1) is 11.3 Å². The maximum atomic E-state index is 10.7. The normalized spacial score (nSPS) is 12.9. The molecule has 3 N–H and O–H groups in total. The van der Waals surface area contributed by atoms with Crippen LogP contribution in [0.15, 0.2) is 29.6 Å². The fourth-order valence-corrected chi connectivity index (χ4v) is 2.09. The van der Waals surface area contributed by atoms with Crippen LogP contribution in [0.1, 0.15) is 11.6 Å². The molecule has 72 valence electrons. The van der Waals surface area contributed by atoms with E-state index in [1.807, 2.05) is 23.6 Å². The van der Waals surface area contributed by atoms with Gasteiger partial charge in [0.25, 0.3) is 0 Å². The quantitative estimate of drug-likeness (QED) is 0.791. The van der Waals surface area contributed by atoms with Gasteiger partial charge in [0.2, 0.25) is 0 Å². The zero-order chi connectivity index (χ0) is 10.1. The number of carboxylic acids is 1. The lowest BCUT2D eigenvalue weighted by Crippen LogP contribution is -2.20. The molecule has 0 aliphatic carbocycles. The SMILES string of the molecule is NC(C(=O)O)c1ccc2sccc2c1. The summed E-state index contributed by atoms with van der Waals surface area (Å²) in [6.07, 6.45) is 0. The van der Waals surface area contributed by atoms with Gasteiger partial charge in [0.1, 0.15) is 6.04 Å². The van der Waals surface area contributed by atoms with Gasteiger partial charge in [0, 0.05) is 4.70 Å². The van der Waals surface area contributed by atoms with Crippen molar-refractivity contribution in [3.05, 3.63) is 35.2 Å². The molecule has 0 spiro atoms. The Labute approximate surface area is 84.8 Å². The number of nitrogens with two attached hydrogens (primary N) is 1. The van der Waals surface area contributed by atoms with Crippen molar-refractivity contribution in [3.63, 3.8) is 0 Å².